The highest BCUT2D eigenvalue weighted by molar-refractivity contribution is 5.72. The van der Waals surface area contributed by atoms with Gasteiger partial charge in [-0.1, -0.05) is 13.8 Å². The molecule has 0 fully saturated rings. The highest BCUT2D eigenvalue weighted by Crippen LogP contribution is 2.28. The van der Waals surface area contributed by atoms with E-state index >= 15 is 0 Å². The van der Waals surface area contributed by atoms with Crippen LogP contribution < -0.4 is 32.2 Å². The van der Waals surface area contributed by atoms with E-state index in [1.165, 1.54) is 0 Å². The van der Waals surface area contributed by atoms with E-state index in [4.69, 9.17) is 16.2 Å². The van der Waals surface area contributed by atoms with Crippen LogP contribution in [0.25, 0.3) is 0 Å². The number of hydrogen-bond donors (Lipinski definition) is 5. The summed E-state index contributed by atoms with van der Waals surface area (Å²) < 4.78 is 5.99. The first-order valence-electron chi connectivity index (χ1n) is 9.45. The van der Waals surface area contributed by atoms with Gasteiger partial charge in [-0.3, -0.25) is 4.98 Å². The molecule has 28 heavy (non-hydrogen) atoms. The van der Waals surface area contributed by atoms with Crippen molar-refractivity contribution in [2.75, 3.05) is 18.8 Å². The van der Waals surface area contributed by atoms with Crippen LogP contribution in [0.2, 0.25) is 0 Å². The second-order valence-electron chi connectivity index (χ2n) is 6.51. The van der Waals surface area contributed by atoms with Crippen LogP contribution in [0, 0.1) is 6.92 Å². The quantitative estimate of drug-likeness (QED) is 0.315. The number of aromatic nitrogens is 1. The van der Waals surface area contributed by atoms with Crippen LogP contribution in [0.15, 0.2) is 36.5 Å². The molecule has 0 bridgehead atoms. The normalized spacial score (nSPS) is 12.0. The fourth-order valence-electron chi connectivity index (χ4n) is 2.99. The summed E-state index contributed by atoms with van der Waals surface area (Å²) in [4.78, 5) is 16.0. The summed E-state index contributed by atoms with van der Waals surface area (Å²) in [5.74, 6) is 1.33. The molecule has 0 spiro atoms. The minimum atomic E-state index is -0.598. The molecule has 2 rings (SSSR count). The van der Waals surface area contributed by atoms with E-state index in [1.807, 2.05) is 39.0 Å². The number of aryl methyl sites for hydroxylation is 1. The number of hydrogen-bond acceptors (Lipinski definition) is 6. The third-order valence-corrected chi connectivity index (χ3v) is 4.23. The van der Waals surface area contributed by atoms with Gasteiger partial charge < -0.3 is 32.2 Å². The zero-order valence-corrected chi connectivity index (χ0v) is 16.7. The van der Waals surface area contributed by atoms with E-state index in [0.717, 1.165) is 18.7 Å². The number of nitrogen functional groups attached to an aromatic ring is 1. The fourth-order valence-corrected chi connectivity index (χ4v) is 2.99. The van der Waals surface area contributed by atoms with Crippen molar-refractivity contribution in [1.29, 1.82) is 0 Å². The zero-order chi connectivity index (χ0) is 20.5. The van der Waals surface area contributed by atoms with Crippen LogP contribution >= 0.6 is 0 Å². The van der Waals surface area contributed by atoms with Crippen LogP contribution in [0.4, 0.5) is 10.5 Å². The summed E-state index contributed by atoms with van der Waals surface area (Å²) in [6, 6.07) is 8.09. The number of rotatable bonds is 10. The SMILES string of the molecule is CCNC(CC(NC(N)=O)c1cc(Oc2ccc(N)cc2C)ccn1)NCC. The van der Waals surface area contributed by atoms with Gasteiger partial charge in [0.25, 0.3) is 0 Å². The summed E-state index contributed by atoms with van der Waals surface area (Å²) in [7, 11) is 0. The molecular formula is C20H30N6O2. The molecule has 8 nitrogen and oxygen atoms in total. The second-order valence-corrected chi connectivity index (χ2v) is 6.51. The van der Waals surface area contributed by atoms with Crippen LogP contribution in [0.5, 0.6) is 11.5 Å². The number of nitrogens with one attached hydrogen (secondary N) is 3. The molecule has 0 aliphatic heterocycles. The maximum Gasteiger partial charge on any atom is 0.312 e. The maximum atomic E-state index is 11.5. The summed E-state index contributed by atoms with van der Waals surface area (Å²) in [5.41, 5.74) is 13.5. The van der Waals surface area contributed by atoms with Crippen LogP contribution in [0.1, 0.15) is 37.6 Å². The minimum absolute atomic E-state index is 0.0116. The fraction of sp³-hybridized carbons (Fsp3) is 0.400. The van der Waals surface area contributed by atoms with Gasteiger partial charge in [-0.2, -0.15) is 0 Å². The molecule has 8 heteroatoms. The number of amides is 2. The number of nitrogens with two attached hydrogens (primary N) is 2. The van der Waals surface area contributed by atoms with Gasteiger partial charge in [0.05, 0.1) is 17.9 Å². The molecule has 1 atom stereocenters. The highest BCUT2D eigenvalue weighted by Gasteiger charge is 2.20. The maximum absolute atomic E-state index is 11.5. The predicted molar refractivity (Wildman–Crippen MR) is 111 cm³/mol. The molecule has 0 aliphatic rings. The van der Waals surface area contributed by atoms with E-state index < -0.39 is 6.03 Å². The van der Waals surface area contributed by atoms with Gasteiger partial charge >= 0.3 is 6.03 Å². The van der Waals surface area contributed by atoms with Crippen LogP contribution in [0.3, 0.4) is 0 Å². The first-order valence-corrected chi connectivity index (χ1v) is 9.45. The van der Waals surface area contributed by atoms with Crippen molar-refractivity contribution in [3.05, 3.63) is 47.8 Å². The summed E-state index contributed by atoms with van der Waals surface area (Å²) in [5, 5.41) is 9.48. The Morgan fingerprint density at radius 2 is 1.89 bits per heavy atom. The van der Waals surface area contributed by atoms with Crippen LogP contribution in [-0.2, 0) is 0 Å². The molecule has 0 aliphatic carbocycles. The van der Waals surface area contributed by atoms with Crippen molar-refractivity contribution >= 4 is 11.7 Å². The lowest BCUT2D eigenvalue weighted by atomic mass is 10.1. The first kappa shape index (κ1) is 21.5. The van der Waals surface area contributed by atoms with Gasteiger partial charge in [0.2, 0.25) is 0 Å². The second kappa shape index (κ2) is 10.5. The number of primary amides is 1. The topological polar surface area (TPSA) is 127 Å². The number of ether oxygens (including phenoxy) is 1. The lowest BCUT2D eigenvalue weighted by molar-refractivity contribution is 0.241. The third kappa shape index (κ3) is 6.40. The average Bonchev–Trinajstić information content (AvgIpc) is 2.64. The number of benzene rings is 1. The van der Waals surface area contributed by atoms with Crippen molar-refractivity contribution in [2.24, 2.45) is 5.73 Å². The Hall–Kier alpha value is -2.84. The standard InChI is InChI=1S/C20H30N6O2/c1-4-23-19(24-5-2)12-17(26-20(22)27)16-11-15(8-9-25-16)28-18-7-6-14(21)10-13(18)3/h6-11,17,19,23-24H,4-5,12,21H2,1-3H3,(H3,22,26,27). The largest absolute Gasteiger partial charge is 0.457 e. The molecule has 2 amide bonds. The molecule has 1 aromatic carbocycles. The number of pyridine rings is 1. The van der Waals surface area contributed by atoms with Gasteiger partial charge in [-0.25, -0.2) is 4.79 Å². The van der Waals surface area contributed by atoms with Crippen molar-refractivity contribution in [3.8, 4) is 11.5 Å². The van der Waals surface area contributed by atoms with Gasteiger partial charge in [0.15, 0.2) is 0 Å². The predicted octanol–water partition coefficient (Wildman–Crippen LogP) is 2.41. The van der Waals surface area contributed by atoms with Crippen molar-refractivity contribution in [2.45, 2.75) is 39.4 Å². The number of nitrogens with zero attached hydrogens (tertiary/aromatic N) is 1. The lowest BCUT2D eigenvalue weighted by Gasteiger charge is -2.25. The summed E-state index contributed by atoms with van der Waals surface area (Å²) in [6.45, 7) is 7.59. The highest BCUT2D eigenvalue weighted by atomic mass is 16.5. The van der Waals surface area contributed by atoms with Crippen LogP contribution in [-0.4, -0.2) is 30.3 Å². The molecular weight excluding hydrogens is 356 g/mol. The molecule has 2 aromatic rings. The Balaban J connectivity index is 2.23. The van der Waals surface area contributed by atoms with E-state index in [2.05, 4.69) is 20.9 Å². The smallest absolute Gasteiger partial charge is 0.312 e. The minimum Gasteiger partial charge on any atom is -0.457 e. The molecule has 1 aromatic heterocycles. The molecule has 1 heterocycles. The Morgan fingerprint density at radius 1 is 1.18 bits per heavy atom. The molecule has 152 valence electrons. The monoisotopic (exact) mass is 386 g/mol. The number of carbonyl (C=O) groups is 1. The van der Waals surface area contributed by atoms with Gasteiger partial charge in [0, 0.05) is 24.4 Å². The van der Waals surface area contributed by atoms with E-state index in [-0.39, 0.29) is 12.2 Å². The summed E-state index contributed by atoms with van der Waals surface area (Å²) in [6.07, 6.45) is 2.25. The molecule has 0 saturated carbocycles. The number of anilines is 1. The van der Waals surface area contributed by atoms with Gasteiger partial charge in [-0.15, -0.1) is 0 Å². The zero-order valence-electron chi connectivity index (χ0n) is 16.7. The van der Waals surface area contributed by atoms with E-state index in [9.17, 15) is 4.79 Å². The Labute approximate surface area is 166 Å². The first-order chi connectivity index (χ1) is 13.4. The van der Waals surface area contributed by atoms with Crippen molar-refractivity contribution in [3.63, 3.8) is 0 Å². The molecule has 0 radical (unpaired) electrons. The average molecular weight is 387 g/mol. The lowest BCUT2D eigenvalue weighted by Crippen LogP contribution is -2.46. The Bertz CT molecular complexity index is 777. The molecule has 7 N–H and O–H groups in total. The van der Waals surface area contributed by atoms with Gasteiger partial charge in [0.1, 0.15) is 11.5 Å². The number of urea groups is 1. The van der Waals surface area contributed by atoms with E-state index in [1.54, 1.807) is 18.3 Å². The van der Waals surface area contributed by atoms with Gasteiger partial charge in [-0.05, 0) is 49.8 Å². The third-order valence-electron chi connectivity index (χ3n) is 4.23. The van der Waals surface area contributed by atoms with Crippen molar-refractivity contribution in [1.82, 2.24) is 20.9 Å². The Morgan fingerprint density at radius 3 is 2.50 bits per heavy atom. The Kier molecular flexibility index (Phi) is 8.03. The number of carbonyl (C=O) groups excluding carboxylic acids is 1. The van der Waals surface area contributed by atoms with Crippen molar-refractivity contribution < 1.29 is 9.53 Å². The van der Waals surface area contributed by atoms with E-state index in [0.29, 0.717) is 29.3 Å². The molecule has 0 saturated heterocycles. The molecule has 1 unspecified atom stereocenters. The summed E-state index contributed by atoms with van der Waals surface area (Å²) >= 11 is 0.